The number of hydrogen-bond acceptors (Lipinski definition) is 5. The minimum absolute atomic E-state index is 0.245. The molecular formula is C16H19N3O4. The van der Waals surface area contributed by atoms with Gasteiger partial charge in [-0.3, -0.25) is 14.5 Å². The van der Waals surface area contributed by atoms with Crippen molar-refractivity contribution in [1.29, 1.82) is 0 Å². The van der Waals surface area contributed by atoms with E-state index in [0.717, 1.165) is 13.1 Å². The summed E-state index contributed by atoms with van der Waals surface area (Å²) in [6.07, 6.45) is 0. The van der Waals surface area contributed by atoms with Crippen LogP contribution in [-0.4, -0.2) is 60.3 Å². The lowest BCUT2D eigenvalue weighted by Crippen LogP contribution is -2.42. The number of pyridine rings is 1. The minimum Gasteiger partial charge on any atom is -0.506 e. The third-order valence-corrected chi connectivity index (χ3v) is 3.94. The third kappa shape index (κ3) is 3.35. The van der Waals surface area contributed by atoms with Crippen LogP contribution in [0.25, 0.3) is 10.9 Å². The maximum atomic E-state index is 12.2. The molecule has 0 bridgehead atoms. The van der Waals surface area contributed by atoms with Gasteiger partial charge in [0.2, 0.25) is 0 Å². The number of aromatic hydroxyl groups is 1. The van der Waals surface area contributed by atoms with Crippen molar-refractivity contribution in [3.05, 3.63) is 40.2 Å². The average molecular weight is 317 g/mol. The number of nitrogens with one attached hydrogen (secondary N) is 2. The van der Waals surface area contributed by atoms with Crippen molar-refractivity contribution in [2.75, 3.05) is 39.4 Å². The molecule has 0 spiro atoms. The molecule has 1 aromatic carbocycles. The van der Waals surface area contributed by atoms with Gasteiger partial charge in [0, 0.05) is 31.6 Å². The standard InChI is InChI=1S/C16H19N3O4/c20-14-11-3-1-2-4-12(11)18-16(22)13(14)15(21)17-5-6-19-7-9-23-10-8-19/h1-4H,5-10H2,(H,17,21)(H2,18,20,22). The Morgan fingerprint density at radius 1 is 1.30 bits per heavy atom. The first kappa shape index (κ1) is 15.5. The van der Waals surface area contributed by atoms with Crippen molar-refractivity contribution in [2.45, 2.75) is 0 Å². The smallest absolute Gasteiger partial charge is 0.265 e. The van der Waals surface area contributed by atoms with Crippen LogP contribution < -0.4 is 10.9 Å². The highest BCUT2D eigenvalue weighted by molar-refractivity contribution is 6.01. The molecule has 7 heteroatoms. The summed E-state index contributed by atoms with van der Waals surface area (Å²) in [5, 5.41) is 13.4. The number of carbonyl (C=O) groups excluding carboxylic acids is 1. The first-order valence-electron chi connectivity index (χ1n) is 7.59. The van der Waals surface area contributed by atoms with Crippen LogP contribution >= 0.6 is 0 Å². The van der Waals surface area contributed by atoms with Crippen LogP contribution in [0.3, 0.4) is 0 Å². The Bertz CT molecular complexity index is 765. The molecule has 1 saturated heterocycles. The molecule has 0 unspecified atom stereocenters. The number of amides is 1. The van der Waals surface area contributed by atoms with Crippen molar-refractivity contribution in [2.24, 2.45) is 0 Å². The van der Waals surface area contributed by atoms with Crippen LogP contribution in [0.5, 0.6) is 5.75 Å². The molecule has 3 N–H and O–H groups in total. The summed E-state index contributed by atoms with van der Waals surface area (Å²) in [7, 11) is 0. The summed E-state index contributed by atoms with van der Waals surface area (Å²) in [5.74, 6) is -0.851. The molecule has 0 radical (unpaired) electrons. The molecule has 1 fully saturated rings. The van der Waals surface area contributed by atoms with E-state index in [0.29, 0.717) is 37.2 Å². The molecule has 1 amide bonds. The van der Waals surface area contributed by atoms with E-state index in [1.165, 1.54) is 0 Å². The Morgan fingerprint density at radius 2 is 2.04 bits per heavy atom. The zero-order chi connectivity index (χ0) is 16.2. The molecule has 2 aromatic rings. The van der Waals surface area contributed by atoms with Crippen LogP contribution in [0.4, 0.5) is 0 Å². The van der Waals surface area contributed by atoms with Gasteiger partial charge in [-0.15, -0.1) is 0 Å². The lowest BCUT2D eigenvalue weighted by atomic mass is 10.1. The van der Waals surface area contributed by atoms with Crippen molar-refractivity contribution in [3.8, 4) is 5.75 Å². The summed E-state index contributed by atoms with van der Waals surface area (Å²) in [5.41, 5.74) is -0.337. The van der Waals surface area contributed by atoms with Crippen molar-refractivity contribution < 1.29 is 14.6 Å². The Morgan fingerprint density at radius 3 is 2.83 bits per heavy atom. The Labute approximate surface area is 132 Å². The van der Waals surface area contributed by atoms with Crippen LogP contribution in [0.15, 0.2) is 29.1 Å². The highest BCUT2D eigenvalue weighted by Crippen LogP contribution is 2.24. The van der Waals surface area contributed by atoms with E-state index in [2.05, 4.69) is 15.2 Å². The number of ether oxygens (including phenoxy) is 1. The van der Waals surface area contributed by atoms with Crippen LogP contribution in [0.2, 0.25) is 0 Å². The predicted molar refractivity (Wildman–Crippen MR) is 85.8 cm³/mol. The van der Waals surface area contributed by atoms with Gasteiger partial charge < -0.3 is 20.1 Å². The second kappa shape index (κ2) is 6.80. The molecular weight excluding hydrogens is 298 g/mol. The monoisotopic (exact) mass is 317 g/mol. The maximum Gasteiger partial charge on any atom is 0.265 e. The largest absolute Gasteiger partial charge is 0.506 e. The molecule has 0 saturated carbocycles. The van der Waals surface area contributed by atoms with Crippen LogP contribution in [-0.2, 0) is 4.74 Å². The normalized spacial score (nSPS) is 15.7. The van der Waals surface area contributed by atoms with E-state index in [4.69, 9.17) is 4.74 Å². The number of aromatic amines is 1. The van der Waals surface area contributed by atoms with E-state index in [9.17, 15) is 14.7 Å². The average Bonchev–Trinajstić information content (AvgIpc) is 2.56. The molecule has 2 heterocycles. The number of aromatic nitrogens is 1. The third-order valence-electron chi connectivity index (χ3n) is 3.94. The van der Waals surface area contributed by atoms with Gasteiger partial charge in [0.15, 0.2) is 0 Å². The molecule has 23 heavy (non-hydrogen) atoms. The number of carbonyl (C=O) groups is 1. The SMILES string of the molecule is O=C(NCCN1CCOCC1)c1c(O)c2ccccc2[nH]c1=O. The Balaban J connectivity index is 1.71. The number of hydrogen-bond donors (Lipinski definition) is 3. The molecule has 3 rings (SSSR count). The number of nitrogens with zero attached hydrogens (tertiary/aromatic N) is 1. The molecule has 7 nitrogen and oxygen atoms in total. The Hall–Kier alpha value is -2.38. The maximum absolute atomic E-state index is 12.2. The van der Waals surface area contributed by atoms with E-state index in [1.807, 2.05) is 0 Å². The summed E-state index contributed by atoms with van der Waals surface area (Å²) < 4.78 is 5.26. The van der Waals surface area contributed by atoms with Crippen LogP contribution in [0, 0.1) is 0 Å². The summed E-state index contributed by atoms with van der Waals surface area (Å²) in [4.78, 5) is 29.1. The van der Waals surface area contributed by atoms with Gasteiger partial charge in [0.25, 0.3) is 11.5 Å². The quantitative estimate of drug-likeness (QED) is 0.754. The van der Waals surface area contributed by atoms with Crippen LogP contribution in [0.1, 0.15) is 10.4 Å². The Kier molecular flexibility index (Phi) is 4.59. The van der Waals surface area contributed by atoms with Gasteiger partial charge in [-0.05, 0) is 12.1 Å². The molecule has 1 aliphatic rings. The van der Waals surface area contributed by atoms with E-state index in [1.54, 1.807) is 24.3 Å². The first-order chi connectivity index (χ1) is 11.2. The van der Waals surface area contributed by atoms with Crippen molar-refractivity contribution in [1.82, 2.24) is 15.2 Å². The first-order valence-corrected chi connectivity index (χ1v) is 7.59. The molecule has 1 aromatic heterocycles. The zero-order valence-electron chi connectivity index (χ0n) is 12.7. The summed E-state index contributed by atoms with van der Waals surface area (Å²) in [6, 6.07) is 6.82. The lowest BCUT2D eigenvalue weighted by Gasteiger charge is -2.26. The highest BCUT2D eigenvalue weighted by atomic mass is 16.5. The second-order valence-electron chi connectivity index (χ2n) is 5.43. The number of para-hydroxylation sites is 1. The zero-order valence-corrected chi connectivity index (χ0v) is 12.7. The predicted octanol–water partition coefficient (Wildman–Crippen LogP) is 0.296. The summed E-state index contributed by atoms with van der Waals surface area (Å²) >= 11 is 0. The molecule has 0 aliphatic carbocycles. The fourth-order valence-electron chi connectivity index (χ4n) is 2.68. The van der Waals surface area contributed by atoms with Gasteiger partial charge in [0.1, 0.15) is 11.3 Å². The minimum atomic E-state index is -0.593. The van der Waals surface area contributed by atoms with E-state index >= 15 is 0 Å². The molecule has 0 atom stereocenters. The van der Waals surface area contributed by atoms with Gasteiger partial charge in [-0.2, -0.15) is 0 Å². The number of benzene rings is 1. The van der Waals surface area contributed by atoms with Gasteiger partial charge >= 0.3 is 0 Å². The molecule has 122 valence electrons. The number of fused-ring (bicyclic) bond motifs is 1. The second-order valence-corrected chi connectivity index (χ2v) is 5.43. The van der Waals surface area contributed by atoms with E-state index < -0.39 is 11.5 Å². The van der Waals surface area contributed by atoms with Gasteiger partial charge in [0.05, 0.1) is 18.7 Å². The van der Waals surface area contributed by atoms with Crippen molar-refractivity contribution >= 4 is 16.8 Å². The van der Waals surface area contributed by atoms with E-state index in [-0.39, 0.29) is 11.3 Å². The fourth-order valence-corrected chi connectivity index (χ4v) is 2.68. The number of rotatable bonds is 4. The lowest BCUT2D eigenvalue weighted by molar-refractivity contribution is 0.0383. The van der Waals surface area contributed by atoms with Gasteiger partial charge in [-0.1, -0.05) is 12.1 Å². The number of morpholine rings is 1. The molecule has 1 aliphatic heterocycles. The number of H-pyrrole nitrogens is 1. The topological polar surface area (TPSA) is 94.7 Å². The summed E-state index contributed by atoms with van der Waals surface area (Å²) in [6.45, 7) is 4.14. The van der Waals surface area contributed by atoms with Gasteiger partial charge in [-0.25, -0.2) is 0 Å². The van der Waals surface area contributed by atoms with Crippen molar-refractivity contribution in [3.63, 3.8) is 0 Å². The highest BCUT2D eigenvalue weighted by Gasteiger charge is 2.19. The fraction of sp³-hybridized carbons (Fsp3) is 0.375.